The van der Waals surface area contributed by atoms with Crippen LogP contribution in [0.4, 0.5) is 0 Å². The molecule has 1 rings (SSSR count). The molecule has 0 aliphatic carbocycles. The van der Waals surface area contributed by atoms with E-state index >= 15 is 0 Å². The van der Waals surface area contributed by atoms with Gasteiger partial charge in [0.1, 0.15) is 12.1 Å². The SMILES string of the molecule is O=C(O)CCCC(=O)NCCCCC1NC(=O)C(CCCNC(=O)CCCC(=O)O)NC1=O. The summed E-state index contributed by atoms with van der Waals surface area (Å²) in [6, 6.07) is -1.29. The molecule has 1 saturated heterocycles. The predicted octanol–water partition coefficient (Wildman–Crippen LogP) is -0.338. The number of hydrogen-bond acceptors (Lipinski definition) is 6. The van der Waals surface area contributed by atoms with E-state index in [2.05, 4.69) is 21.3 Å². The summed E-state index contributed by atoms with van der Waals surface area (Å²) in [6.07, 6.45) is 3.26. The lowest BCUT2D eigenvalue weighted by molar-refractivity contribution is -0.138. The van der Waals surface area contributed by atoms with E-state index in [1.165, 1.54) is 0 Å². The van der Waals surface area contributed by atoms with Crippen molar-refractivity contribution in [1.82, 2.24) is 21.3 Å². The maximum absolute atomic E-state index is 12.2. The van der Waals surface area contributed by atoms with Gasteiger partial charge in [0.15, 0.2) is 0 Å². The Morgan fingerprint density at radius 3 is 1.52 bits per heavy atom. The van der Waals surface area contributed by atoms with Gasteiger partial charge in [-0.1, -0.05) is 0 Å². The molecule has 0 spiro atoms. The van der Waals surface area contributed by atoms with Gasteiger partial charge in [-0.15, -0.1) is 0 Å². The summed E-state index contributed by atoms with van der Waals surface area (Å²) < 4.78 is 0. The van der Waals surface area contributed by atoms with Crippen LogP contribution in [-0.4, -0.2) is 71.0 Å². The molecule has 2 unspecified atom stereocenters. The van der Waals surface area contributed by atoms with Crippen LogP contribution in [0.3, 0.4) is 0 Å². The predicted molar refractivity (Wildman–Crippen MR) is 116 cm³/mol. The molecule has 1 fully saturated rings. The van der Waals surface area contributed by atoms with E-state index in [1.807, 2.05) is 0 Å². The molecule has 12 nitrogen and oxygen atoms in total. The van der Waals surface area contributed by atoms with Crippen molar-refractivity contribution in [2.75, 3.05) is 13.1 Å². The Kier molecular flexibility index (Phi) is 13.2. The molecule has 186 valence electrons. The van der Waals surface area contributed by atoms with Crippen molar-refractivity contribution in [3.05, 3.63) is 0 Å². The molecule has 0 aromatic heterocycles. The van der Waals surface area contributed by atoms with Crippen molar-refractivity contribution in [2.45, 2.75) is 82.7 Å². The van der Waals surface area contributed by atoms with E-state index in [0.717, 1.165) is 0 Å². The van der Waals surface area contributed by atoms with Gasteiger partial charge < -0.3 is 31.5 Å². The van der Waals surface area contributed by atoms with Crippen LogP contribution in [0.5, 0.6) is 0 Å². The molecule has 1 heterocycles. The highest BCUT2D eigenvalue weighted by atomic mass is 16.4. The van der Waals surface area contributed by atoms with E-state index in [4.69, 9.17) is 10.2 Å². The first-order chi connectivity index (χ1) is 15.7. The van der Waals surface area contributed by atoms with E-state index in [9.17, 15) is 28.8 Å². The quantitative estimate of drug-likeness (QED) is 0.156. The van der Waals surface area contributed by atoms with Gasteiger partial charge in [-0.3, -0.25) is 28.8 Å². The monoisotopic (exact) mass is 470 g/mol. The number of carbonyl (C=O) groups excluding carboxylic acids is 4. The van der Waals surface area contributed by atoms with Gasteiger partial charge in [0.2, 0.25) is 23.6 Å². The van der Waals surface area contributed by atoms with E-state index < -0.39 is 24.0 Å². The van der Waals surface area contributed by atoms with E-state index in [1.54, 1.807) is 0 Å². The number of amides is 4. The first-order valence-corrected chi connectivity index (χ1v) is 11.3. The topological polar surface area (TPSA) is 191 Å². The molecule has 12 heteroatoms. The van der Waals surface area contributed by atoms with Gasteiger partial charge in [-0.2, -0.15) is 0 Å². The molecule has 0 bridgehead atoms. The summed E-state index contributed by atoms with van der Waals surface area (Å²) >= 11 is 0. The smallest absolute Gasteiger partial charge is 0.303 e. The van der Waals surface area contributed by atoms with Crippen LogP contribution in [0.2, 0.25) is 0 Å². The number of unbranched alkanes of at least 4 members (excludes halogenated alkanes) is 1. The zero-order valence-electron chi connectivity index (χ0n) is 18.7. The maximum atomic E-state index is 12.2. The highest BCUT2D eigenvalue weighted by Gasteiger charge is 2.32. The molecule has 0 radical (unpaired) electrons. The van der Waals surface area contributed by atoms with Gasteiger partial charge in [0.05, 0.1) is 0 Å². The average molecular weight is 471 g/mol. The third-order valence-electron chi connectivity index (χ3n) is 5.09. The third kappa shape index (κ3) is 13.1. The second-order valence-electron chi connectivity index (χ2n) is 7.95. The first kappa shape index (κ1) is 27.9. The van der Waals surface area contributed by atoms with Gasteiger partial charge in [-0.05, 0) is 44.9 Å². The second-order valence-corrected chi connectivity index (χ2v) is 7.95. The Morgan fingerprint density at radius 2 is 1.06 bits per heavy atom. The minimum absolute atomic E-state index is 0.0475. The maximum Gasteiger partial charge on any atom is 0.303 e. The summed E-state index contributed by atoms with van der Waals surface area (Å²) in [7, 11) is 0. The first-order valence-electron chi connectivity index (χ1n) is 11.3. The molecule has 4 amide bonds. The van der Waals surface area contributed by atoms with Crippen molar-refractivity contribution in [2.24, 2.45) is 0 Å². The van der Waals surface area contributed by atoms with Crippen LogP contribution in [0.25, 0.3) is 0 Å². The van der Waals surface area contributed by atoms with E-state index in [-0.39, 0.29) is 62.2 Å². The third-order valence-corrected chi connectivity index (χ3v) is 5.09. The molecular weight excluding hydrogens is 436 g/mol. The van der Waals surface area contributed by atoms with Gasteiger partial charge >= 0.3 is 11.9 Å². The highest BCUT2D eigenvalue weighted by molar-refractivity contribution is 5.96. The number of aliphatic carboxylic acids is 2. The molecule has 0 saturated carbocycles. The Morgan fingerprint density at radius 1 is 0.636 bits per heavy atom. The highest BCUT2D eigenvalue weighted by Crippen LogP contribution is 2.09. The Bertz CT molecular complexity index is 712. The van der Waals surface area contributed by atoms with Crippen LogP contribution in [-0.2, 0) is 28.8 Å². The minimum atomic E-state index is -0.947. The average Bonchev–Trinajstić information content (AvgIpc) is 2.73. The number of carboxylic acids is 2. The van der Waals surface area contributed by atoms with Crippen LogP contribution < -0.4 is 21.3 Å². The number of hydrogen-bond donors (Lipinski definition) is 6. The molecule has 1 aliphatic rings. The number of piperazine rings is 1. The Hall–Kier alpha value is -3.18. The fourth-order valence-electron chi connectivity index (χ4n) is 3.29. The number of carboxylic acid groups (broad SMARTS) is 2. The van der Waals surface area contributed by atoms with Gasteiger partial charge in [0.25, 0.3) is 0 Å². The molecular formula is C21H34N4O8. The van der Waals surface area contributed by atoms with Crippen LogP contribution >= 0.6 is 0 Å². The molecule has 33 heavy (non-hydrogen) atoms. The number of carbonyl (C=O) groups is 6. The minimum Gasteiger partial charge on any atom is -0.481 e. The lowest BCUT2D eigenvalue weighted by atomic mass is 10.0. The zero-order valence-corrected chi connectivity index (χ0v) is 18.7. The second kappa shape index (κ2) is 15.6. The molecule has 2 atom stereocenters. The molecule has 1 aliphatic heterocycles. The van der Waals surface area contributed by atoms with Crippen LogP contribution in [0.1, 0.15) is 70.6 Å². The summed E-state index contributed by atoms with van der Waals surface area (Å²) in [6.45, 7) is 0.746. The molecule has 0 aromatic rings. The van der Waals surface area contributed by atoms with Crippen molar-refractivity contribution in [3.8, 4) is 0 Å². The summed E-state index contributed by atoms with van der Waals surface area (Å²) in [5, 5.41) is 27.9. The van der Waals surface area contributed by atoms with Crippen LogP contribution in [0, 0.1) is 0 Å². The normalized spacial score (nSPS) is 17.6. The summed E-state index contributed by atoms with van der Waals surface area (Å²) in [5.41, 5.74) is 0. The van der Waals surface area contributed by atoms with Crippen molar-refractivity contribution in [3.63, 3.8) is 0 Å². The fraction of sp³-hybridized carbons (Fsp3) is 0.714. The standard InChI is InChI=1S/C21H34N4O8/c26-16(8-3-10-18(28)29)22-12-2-1-6-14-20(32)25-15(21(33)24-14)7-5-13-23-17(27)9-4-11-19(30)31/h14-15H,1-13H2,(H,22,26)(H,23,27)(H,24,33)(H,25,32)(H,28,29)(H,30,31). The van der Waals surface area contributed by atoms with Gasteiger partial charge in [0, 0.05) is 38.8 Å². The summed E-state index contributed by atoms with van der Waals surface area (Å²) in [4.78, 5) is 68.5. The molecule has 6 N–H and O–H groups in total. The lowest BCUT2D eigenvalue weighted by Gasteiger charge is -2.29. The van der Waals surface area contributed by atoms with E-state index in [0.29, 0.717) is 45.2 Å². The van der Waals surface area contributed by atoms with Crippen molar-refractivity contribution < 1.29 is 39.0 Å². The molecule has 0 aromatic carbocycles. The van der Waals surface area contributed by atoms with Crippen molar-refractivity contribution in [1.29, 1.82) is 0 Å². The largest absolute Gasteiger partial charge is 0.481 e. The van der Waals surface area contributed by atoms with Crippen molar-refractivity contribution >= 4 is 35.6 Å². The zero-order chi connectivity index (χ0) is 24.6. The number of nitrogens with one attached hydrogen (secondary N) is 4. The summed E-state index contributed by atoms with van der Waals surface area (Å²) in [5.74, 6) is -2.88. The van der Waals surface area contributed by atoms with Gasteiger partial charge in [-0.25, -0.2) is 0 Å². The fourth-order valence-corrected chi connectivity index (χ4v) is 3.29. The number of rotatable bonds is 17. The Labute approximate surface area is 192 Å². The Balaban J connectivity index is 2.14. The van der Waals surface area contributed by atoms with Crippen LogP contribution in [0.15, 0.2) is 0 Å². The lowest BCUT2D eigenvalue weighted by Crippen LogP contribution is -2.61.